The predicted octanol–water partition coefficient (Wildman–Crippen LogP) is 1.25. The molecule has 0 radical (unpaired) electrons. The van der Waals surface area contributed by atoms with E-state index < -0.39 is 0 Å². The lowest BCUT2D eigenvalue weighted by Gasteiger charge is -2.18. The Morgan fingerprint density at radius 1 is 1.43 bits per heavy atom. The second-order valence-corrected chi connectivity index (χ2v) is 6.03. The van der Waals surface area contributed by atoms with E-state index in [1.165, 1.54) is 0 Å². The minimum Gasteiger partial charge on any atom is -0.379 e. The van der Waals surface area contributed by atoms with Gasteiger partial charge in [-0.3, -0.25) is 4.79 Å². The zero-order chi connectivity index (χ0) is 16.2. The van der Waals surface area contributed by atoms with Gasteiger partial charge in [0.1, 0.15) is 11.6 Å². The van der Waals surface area contributed by atoms with E-state index in [2.05, 4.69) is 15.5 Å². The van der Waals surface area contributed by atoms with Crippen LogP contribution in [-0.2, 0) is 22.5 Å². The molecule has 1 fully saturated rings. The Hall–Kier alpha value is -2.15. The monoisotopic (exact) mass is 318 g/mol. The molecule has 2 atom stereocenters. The summed E-state index contributed by atoms with van der Waals surface area (Å²) in [5.41, 5.74) is 0.871. The molecule has 3 rings (SSSR count). The Kier molecular flexibility index (Phi) is 4.76. The maximum absolute atomic E-state index is 12.2. The van der Waals surface area contributed by atoms with Gasteiger partial charge in [-0.1, -0.05) is 5.16 Å². The molecule has 0 aliphatic carbocycles. The molecule has 0 aromatic carbocycles. The Morgan fingerprint density at radius 3 is 3.00 bits per heavy atom. The first kappa shape index (κ1) is 15.7. The molecule has 1 amide bonds. The third kappa shape index (κ3) is 3.98. The van der Waals surface area contributed by atoms with E-state index in [1.54, 1.807) is 6.20 Å². The van der Waals surface area contributed by atoms with Gasteiger partial charge in [0.2, 0.25) is 5.91 Å². The number of aromatic nitrogens is 3. The fourth-order valence-corrected chi connectivity index (χ4v) is 2.87. The number of imidazole rings is 1. The van der Waals surface area contributed by atoms with Gasteiger partial charge in [-0.15, -0.1) is 0 Å². The van der Waals surface area contributed by atoms with Crippen LogP contribution >= 0.6 is 0 Å². The molecule has 0 bridgehead atoms. The van der Waals surface area contributed by atoms with Crippen LogP contribution in [0.1, 0.15) is 23.7 Å². The van der Waals surface area contributed by atoms with Crippen molar-refractivity contribution in [1.82, 2.24) is 20.0 Å². The second kappa shape index (κ2) is 6.95. The summed E-state index contributed by atoms with van der Waals surface area (Å²) in [6, 6.07) is 1.95. The molecule has 2 aromatic rings. The molecule has 23 heavy (non-hydrogen) atoms. The normalized spacial score (nSPS) is 20.8. The first-order valence-corrected chi connectivity index (χ1v) is 7.89. The molecule has 7 nitrogen and oxygen atoms in total. The number of carbonyl (C=O) groups is 1. The Balaban J connectivity index is 1.49. The van der Waals surface area contributed by atoms with Crippen molar-refractivity contribution >= 4 is 5.91 Å². The van der Waals surface area contributed by atoms with Crippen molar-refractivity contribution in [3.05, 3.63) is 35.7 Å². The summed E-state index contributed by atoms with van der Waals surface area (Å²) in [7, 11) is 0. The first-order valence-electron chi connectivity index (χ1n) is 7.89. The number of hydrogen-bond acceptors (Lipinski definition) is 5. The van der Waals surface area contributed by atoms with E-state index in [9.17, 15) is 4.79 Å². The van der Waals surface area contributed by atoms with Gasteiger partial charge in [0.25, 0.3) is 0 Å². The molecule has 1 N–H and O–H groups in total. The van der Waals surface area contributed by atoms with Crippen LogP contribution in [0.2, 0.25) is 0 Å². The van der Waals surface area contributed by atoms with Crippen LogP contribution in [0.5, 0.6) is 0 Å². The predicted molar refractivity (Wildman–Crippen MR) is 82.8 cm³/mol. The molecule has 124 valence electrons. The van der Waals surface area contributed by atoms with Gasteiger partial charge >= 0.3 is 0 Å². The van der Waals surface area contributed by atoms with E-state index in [0.29, 0.717) is 26.2 Å². The van der Waals surface area contributed by atoms with E-state index in [-0.39, 0.29) is 17.9 Å². The lowest BCUT2D eigenvalue weighted by molar-refractivity contribution is -0.122. The third-order valence-corrected chi connectivity index (χ3v) is 4.19. The summed E-state index contributed by atoms with van der Waals surface area (Å²) >= 11 is 0. The van der Waals surface area contributed by atoms with Crippen LogP contribution in [0.25, 0.3) is 0 Å². The fraction of sp³-hybridized carbons (Fsp3) is 0.562. The number of carbonyl (C=O) groups excluding carboxylic acids is 1. The van der Waals surface area contributed by atoms with Crippen LogP contribution in [0, 0.1) is 19.8 Å². The van der Waals surface area contributed by atoms with Crippen LogP contribution in [-0.4, -0.2) is 39.9 Å². The Bertz CT molecular complexity index is 664. The van der Waals surface area contributed by atoms with Crippen LogP contribution in [0.15, 0.2) is 23.0 Å². The van der Waals surface area contributed by atoms with Crippen molar-refractivity contribution in [2.45, 2.75) is 39.3 Å². The Morgan fingerprint density at radius 2 is 2.30 bits per heavy atom. The number of aryl methyl sites for hydroxylation is 3. The zero-order valence-corrected chi connectivity index (χ0v) is 13.5. The van der Waals surface area contributed by atoms with Crippen LogP contribution in [0.4, 0.5) is 0 Å². The quantitative estimate of drug-likeness (QED) is 0.867. The number of amides is 1. The molecule has 0 unspecified atom stereocenters. The summed E-state index contributed by atoms with van der Waals surface area (Å²) in [5, 5.41) is 6.98. The van der Waals surface area contributed by atoms with Gasteiger partial charge in [0.15, 0.2) is 0 Å². The maximum Gasteiger partial charge on any atom is 0.222 e. The van der Waals surface area contributed by atoms with E-state index in [4.69, 9.17) is 9.26 Å². The van der Waals surface area contributed by atoms with Crippen molar-refractivity contribution < 1.29 is 14.1 Å². The molecular weight excluding hydrogens is 296 g/mol. The summed E-state index contributed by atoms with van der Waals surface area (Å²) in [5.74, 6) is 2.01. The number of nitrogens with one attached hydrogen (secondary N) is 1. The first-order chi connectivity index (χ1) is 11.1. The van der Waals surface area contributed by atoms with Gasteiger partial charge < -0.3 is 19.1 Å². The van der Waals surface area contributed by atoms with E-state index in [1.807, 2.05) is 30.7 Å². The SMILES string of the molecule is Cc1cc(C[C@@H]2COC[C@@H]2NC(=O)CCn2ccnc2C)on1. The van der Waals surface area contributed by atoms with Gasteiger partial charge in [-0.25, -0.2) is 4.98 Å². The lowest BCUT2D eigenvalue weighted by atomic mass is 9.98. The van der Waals surface area contributed by atoms with Crippen LogP contribution in [0.3, 0.4) is 0 Å². The molecule has 7 heteroatoms. The van der Waals surface area contributed by atoms with Crippen molar-refractivity contribution in [2.75, 3.05) is 13.2 Å². The number of nitrogens with zero attached hydrogens (tertiary/aromatic N) is 3. The highest BCUT2D eigenvalue weighted by atomic mass is 16.5. The average molecular weight is 318 g/mol. The highest BCUT2D eigenvalue weighted by Crippen LogP contribution is 2.20. The molecule has 1 aliphatic rings. The standard InChI is InChI=1S/C16H22N4O3/c1-11-7-14(23-19-11)8-13-9-22-10-15(13)18-16(21)3-5-20-6-4-17-12(20)2/h4,6-7,13,15H,3,5,8-10H2,1-2H3,(H,18,21)/t13-,15+/m1/s1. The minimum atomic E-state index is 0.0248. The zero-order valence-electron chi connectivity index (χ0n) is 13.5. The fourth-order valence-electron chi connectivity index (χ4n) is 2.87. The molecule has 2 aromatic heterocycles. The van der Waals surface area contributed by atoms with Gasteiger partial charge in [0, 0.05) is 43.8 Å². The average Bonchev–Trinajstić information content (AvgIpc) is 3.22. The van der Waals surface area contributed by atoms with Gasteiger partial charge in [-0.05, 0) is 13.8 Å². The second-order valence-electron chi connectivity index (χ2n) is 6.03. The van der Waals surface area contributed by atoms with E-state index in [0.717, 1.165) is 23.7 Å². The van der Waals surface area contributed by atoms with Crippen molar-refractivity contribution in [3.8, 4) is 0 Å². The number of hydrogen-bond donors (Lipinski definition) is 1. The van der Waals surface area contributed by atoms with Crippen molar-refractivity contribution in [1.29, 1.82) is 0 Å². The highest BCUT2D eigenvalue weighted by Gasteiger charge is 2.30. The molecular formula is C16H22N4O3. The van der Waals surface area contributed by atoms with Gasteiger partial charge in [-0.2, -0.15) is 0 Å². The van der Waals surface area contributed by atoms with Crippen molar-refractivity contribution in [3.63, 3.8) is 0 Å². The molecule has 0 spiro atoms. The summed E-state index contributed by atoms with van der Waals surface area (Å²) in [6.45, 7) is 5.64. The number of ether oxygens (including phenoxy) is 1. The Labute approximate surface area is 135 Å². The third-order valence-electron chi connectivity index (χ3n) is 4.19. The minimum absolute atomic E-state index is 0.0248. The van der Waals surface area contributed by atoms with Gasteiger partial charge in [0.05, 0.1) is 24.9 Å². The summed E-state index contributed by atoms with van der Waals surface area (Å²) < 4.78 is 12.8. The highest BCUT2D eigenvalue weighted by molar-refractivity contribution is 5.76. The molecule has 1 saturated heterocycles. The van der Waals surface area contributed by atoms with E-state index >= 15 is 0 Å². The summed E-state index contributed by atoms with van der Waals surface area (Å²) in [4.78, 5) is 16.3. The van der Waals surface area contributed by atoms with Crippen LogP contribution < -0.4 is 5.32 Å². The van der Waals surface area contributed by atoms with Crippen molar-refractivity contribution in [2.24, 2.45) is 5.92 Å². The number of rotatable bonds is 6. The molecule has 0 saturated carbocycles. The maximum atomic E-state index is 12.2. The molecule has 3 heterocycles. The molecule has 1 aliphatic heterocycles. The largest absolute Gasteiger partial charge is 0.379 e. The topological polar surface area (TPSA) is 82.2 Å². The smallest absolute Gasteiger partial charge is 0.222 e. The summed E-state index contributed by atoms with van der Waals surface area (Å²) in [6.07, 6.45) is 4.79. The lowest BCUT2D eigenvalue weighted by Crippen LogP contribution is -2.40.